The SMILES string of the molecule is COC(=O)CN(C(=O)C(CSC(C)=O)Cc1ccc(O)c(O)c1)c1ccccc1. The van der Waals surface area contributed by atoms with Crippen molar-refractivity contribution in [3.63, 3.8) is 0 Å². The smallest absolute Gasteiger partial charge is 0.325 e. The molecule has 0 saturated heterocycles. The van der Waals surface area contributed by atoms with Gasteiger partial charge >= 0.3 is 5.97 Å². The number of carbonyl (C=O) groups excluding carboxylic acids is 3. The second-order valence-corrected chi connectivity index (χ2v) is 7.56. The highest BCUT2D eigenvalue weighted by atomic mass is 32.2. The van der Waals surface area contributed by atoms with E-state index >= 15 is 0 Å². The molecule has 1 atom stereocenters. The molecule has 1 unspecified atom stereocenters. The van der Waals surface area contributed by atoms with Crippen molar-refractivity contribution >= 4 is 34.4 Å². The first-order chi connectivity index (χ1) is 13.8. The Kier molecular flexibility index (Phi) is 8.09. The van der Waals surface area contributed by atoms with Crippen molar-refractivity contribution in [1.29, 1.82) is 0 Å². The number of phenolic OH excluding ortho intramolecular Hbond substituents is 2. The number of aromatic hydroxyl groups is 2. The molecule has 0 heterocycles. The largest absolute Gasteiger partial charge is 0.504 e. The first kappa shape index (κ1) is 22.3. The quantitative estimate of drug-likeness (QED) is 0.503. The number of hydrogen-bond acceptors (Lipinski definition) is 7. The lowest BCUT2D eigenvalue weighted by Gasteiger charge is -2.26. The summed E-state index contributed by atoms with van der Waals surface area (Å²) in [6, 6.07) is 13.0. The summed E-state index contributed by atoms with van der Waals surface area (Å²) in [5.41, 5.74) is 1.16. The molecule has 0 aromatic heterocycles. The van der Waals surface area contributed by atoms with Gasteiger partial charge in [-0.2, -0.15) is 0 Å². The van der Waals surface area contributed by atoms with Gasteiger partial charge in [-0.15, -0.1) is 0 Å². The Labute approximate surface area is 173 Å². The lowest BCUT2D eigenvalue weighted by atomic mass is 9.98. The van der Waals surface area contributed by atoms with Crippen molar-refractivity contribution < 1.29 is 29.3 Å². The number of esters is 1. The number of thioether (sulfide) groups is 1. The number of benzene rings is 2. The second kappa shape index (κ2) is 10.5. The third-order valence-electron chi connectivity index (χ3n) is 4.21. The van der Waals surface area contributed by atoms with Crippen molar-refractivity contribution in [2.24, 2.45) is 5.92 Å². The number of rotatable bonds is 8. The van der Waals surface area contributed by atoms with Crippen molar-refractivity contribution in [2.75, 3.05) is 24.3 Å². The third-order valence-corrected chi connectivity index (χ3v) is 5.18. The molecule has 0 fully saturated rings. The van der Waals surface area contributed by atoms with Crippen LogP contribution >= 0.6 is 11.8 Å². The number of carbonyl (C=O) groups is 3. The van der Waals surface area contributed by atoms with Gasteiger partial charge in [-0.3, -0.25) is 14.4 Å². The minimum atomic E-state index is -0.641. The van der Waals surface area contributed by atoms with E-state index in [1.54, 1.807) is 36.4 Å². The Balaban J connectivity index is 2.33. The highest BCUT2D eigenvalue weighted by molar-refractivity contribution is 8.13. The summed E-state index contributed by atoms with van der Waals surface area (Å²) in [6.07, 6.45) is 0.220. The summed E-state index contributed by atoms with van der Waals surface area (Å²) in [5.74, 6) is -1.89. The van der Waals surface area contributed by atoms with E-state index in [0.29, 0.717) is 11.3 Å². The number of anilines is 1. The van der Waals surface area contributed by atoms with Gasteiger partial charge in [0.25, 0.3) is 0 Å². The number of hydrogen-bond donors (Lipinski definition) is 2. The van der Waals surface area contributed by atoms with Gasteiger partial charge in [0.05, 0.1) is 13.0 Å². The van der Waals surface area contributed by atoms with Crippen LogP contribution in [0.3, 0.4) is 0 Å². The van der Waals surface area contributed by atoms with Crippen LogP contribution in [-0.4, -0.2) is 46.6 Å². The molecule has 2 aromatic carbocycles. The molecule has 0 spiro atoms. The second-order valence-electron chi connectivity index (χ2n) is 6.36. The maximum atomic E-state index is 13.3. The van der Waals surface area contributed by atoms with Crippen LogP contribution in [0.5, 0.6) is 11.5 Å². The molecule has 0 aliphatic rings. The summed E-state index contributed by atoms with van der Waals surface area (Å²) in [7, 11) is 1.25. The molecular formula is C21H23NO6S. The highest BCUT2D eigenvalue weighted by Gasteiger charge is 2.28. The van der Waals surface area contributed by atoms with Crippen LogP contribution < -0.4 is 4.90 Å². The molecule has 7 nitrogen and oxygen atoms in total. The van der Waals surface area contributed by atoms with Crippen LogP contribution in [0, 0.1) is 5.92 Å². The molecule has 8 heteroatoms. The minimum Gasteiger partial charge on any atom is -0.504 e. The van der Waals surface area contributed by atoms with Crippen molar-refractivity contribution in [2.45, 2.75) is 13.3 Å². The van der Waals surface area contributed by atoms with E-state index in [9.17, 15) is 24.6 Å². The molecule has 0 bridgehead atoms. The van der Waals surface area contributed by atoms with Gasteiger partial charge in [0.1, 0.15) is 6.54 Å². The Hall–Kier alpha value is -3.00. The molecule has 2 aromatic rings. The molecule has 29 heavy (non-hydrogen) atoms. The van der Waals surface area contributed by atoms with Gasteiger partial charge < -0.3 is 19.8 Å². The fourth-order valence-electron chi connectivity index (χ4n) is 2.73. The molecule has 0 radical (unpaired) electrons. The van der Waals surface area contributed by atoms with Gasteiger partial charge in [0.15, 0.2) is 16.6 Å². The fraction of sp³-hybridized carbons (Fsp3) is 0.286. The van der Waals surface area contributed by atoms with Crippen LogP contribution in [0.25, 0.3) is 0 Å². The minimum absolute atomic E-state index is 0.129. The van der Waals surface area contributed by atoms with Crippen LogP contribution in [0.4, 0.5) is 5.69 Å². The number of phenols is 2. The van der Waals surface area contributed by atoms with Crippen molar-refractivity contribution in [3.05, 3.63) is 54.1 Å². The summed E-state index contributed by atoms with van der Waals surface area (Å²) in [6.45, 7) is 1.16. The average molecular weight is 417 g/mol. The van der Waals surface area contributed by atoms with E-state index in [4.69, 9.17) is 4.74 Å². The first-order valence-electron chi connectivity index (χ1n) is 8.89. The number of methoxy groups -OCH3 is 1. The molecular weight excluding hydrogens is 394 g/mol. The molecule has 2 rings (SSSR count). The Morgan fingerprint density at radius 2 is 1.76 bits per heavy atom. The van der Waals surface area contributed by atoms with Crippen LogP contribution in [0.1, 0.15) is 12.5 Å². The summed E-state index contributed by atoms with van der Waals surface area (Å²) < 4.78 is 4.72. The average Bonchev–Trinajstić information content (AvgIpc) is 2.71. The molecule has 2 N–H and O–H groups in total. The predicted molar refractivity (Wildman–Crippen MR) is 111 cm³/mol. The maximum Gasteiger partial charge on any atom is 0.325 e. The van der Waals surface area contributed by atoms with Crippen molar-refractivity contribution in [3.8, 4) is 11.5 Å². The first-order valence-corrected chi connectivity index (χ1v) is 9.87. The van der Waals surface area contributed by atoms with Gasteiger partial charge in [-0.25, -0.2) is 0 Å². The number of ether oxygens (including phenoxy) is 1. The van der Waals surface area contributed by atoms with Crippen molar-refractivity contribution in [1.82, 2.24) is 0 Å². The van der Waals surface area contributed by atoms with E-state index in [1.807, 2.05) is 0 Å². The number of amides is 1. The Morgan fingerprint density at radius 3 is 2.34 bits per heavy atom. The van der Waals surface area contributed by atoms with Gasteiger partial charge in [-0.1, -0.05) is 36.0 Å². The van der Waals surface area contributed by atoms with E-state index < -0.39 is 11.9 Å². The normalized spacial score (nSPS) is 11.5. The highest BCUT2D eigenvalue weighted by Crippen LogP contribution is 2.28. The lowest BCUT2D eigenvalue weighted by molar-refractivity contribution is -0.140. The van der Waals surface area contributed by atoms with Crippen LogP contribution in [0.15, 0.2) is 48.5 Å². The Bertz CT molecular complexity index is 871. The van der Waals surface area contributed by atoms with E-state index in [1.165, 1.54) is 31.1 Å². The zero-order valence-corrected chi connectivity index (χ0v) is 17.0. The predicted octanol–water partition coefficient (Wildman–Crippen LogP) is 2.74. The summed E-state index contributed by atoms with van der Waals surface area (Å²) in [4.78, 5) is 38.0. The topological polar surface area (TPSA) is 104 Å². The number of para-hydroxylation sites is 1. The van der Waals surface area contributed by atoms with Gasteiger partial charge in [0.2, 0.25) is 5.91 Å². The van der Waals surface area contributed by atoms with Gasteiger partial charge in [-0.05, 0) is 36.2 Å². The molecule has 0 aliphatic heterocycles. The van der Waals surface area contributed by atoms with Crippen LogP contribution in [-0.2, 0) is 25.5 Å². The Morgan fingerprint density at radius 1 is 1.07 bits per heavy atom. The van der Waals surface area contributed by atoms with Crippen LogP contribution in [0.2, 0.25) is 0 Å². The monoisotopic (exact) mass is 417 g/mol. The van der Waals surface area contributed by atoms with E-state index in [2.05, 4.69) is 0 Å². The molecule has 0 aliphatic carbocycles. The number of nitrogens with zero attached hydrogens (tertiary/aromatic N) is 1. The van der Waals surface area contributed by atoms with Gasteiger partial charge in [0, 0.05) is 18.4 Å². The summed E-state index contributed by atoms with van der Waals surface area (Å²) >= 11 is 1.02. The fourth-order valence-corrected chi connectivity index (χ4v) is 3.43. The molecule has 1 amide bonds. The maximum absolute atomic E-state index is 13.3. The summed E-state index contributed by atoms with van der Waals surface area (Å²) in [5, 5.41) is 19.1. The zero-order valence-electron chi connectivity index (χ0n) is 16.2. The molecule has 0 saturated carbocycles. The third kappa shape index (κ3) is 6.53. The van der Waals surface area contributed by atoms with E-state index in [-0.39, 0.29) is 41.2 Å². The van der Waals surface area contributed by atoms with E-state index in [0.717, 1.165) is 11.8 Å². The molecule has 154 valence electrons. The lowest BCUT2D eigenvalue weighted by Crippen LogP contribution is -2.41. The standard InChI is InChI=1S/C21H23NO6S/c1-14(23)29-13-16(10-15-8-9-18(24)19(25)11-15)21(27)22(12-20(26)28-2)17-6-4-3-5-7-17/h3-9,11,16,24-25H,10,12-13H2,1-2H3. The zero-order chi connectivity index (χ0) is 21.4.